The maximum atomic E-state index is 12.7. The maximum Gasteiger partial charge on any atom is 0.317 e. The number of hydrogen-bond donors (Lipinski definition) is 1. The van der Waals surface area contributed by atoms with Gasteiger partial charge in [0.05, 0.1) is 13.2 Å². The molecule has 0 fully saturated rings. The summed E-state index contributed by atoms with van der Waals surface area (Å²) in [6.45, 7) is 5.14. The van der Waals surface area contributed by atoms with Gasteiger partial charge in [-0.05, 0) is 18.6 Å². The number of nitrogens with zero attached hydrogens (tertiary/aromatic N) is 1. The summed E-state index contributed by atoms with van der Waals surface area (Å²) < 4.78 is 11.6. The summed E-state index contributed by atoms with van der Waals surface area (Å²) in [4.78, 5) is 14.5. The lowest BCUT2D eigenvalue weighted by Crippen LogP contribution is -2.39. The van der Waals surface area contributed by atoms with Gasteiger partial charge in [-0.25, -0.2) is 4.79 Å². The predicted octanol–water partition coefficient (Wildman–Crippen LogP) is 3.29. The van der Waals surface area contributed by atoms with Gasteiger partial charge >= 0.3 is 6.03 Å². The van der Waals surface area contributed by atoms with E-state index in [9.17, 15) is 4.79 Å². The highest BCUT2D eigenvalue weighted by Gasteiger charge is 2.26. The highest BCUT2D eigenvalue weighted by molar-refractivity contribution is 5.74. The van der Waals surface area contributed by atoms with Crippen LogP contribution in [-0.4, -0.2) is 30.7 Å². The van der Waals surface area contributed by atoms with Crippen LogP contribution in [0.3, 0.4) is 0 Å². The van der Waals surface area contributed by atoms with Crippen molar-refractivity contribution < 1.29 is 14.3 Å². The van der Waals surface area contributed by atoms with Crippen molar-refractivity contribution in [2.24, 2.45) is 0 Å². The molecular weight excluding hydrogens is 328 g/mol. The van der Waals surface area contributed by atoms with E-state index in [-0.39, 0.29) is 6.03 Å². The Bertz CT molecular complexity index is 772. The number of ether oxygens (including phenoxy) is 2. The second-order valence-electron chi connectivity index (χ2n) is 6.68. The molecule has 0 atom stereocenters. The Balaban J connectivity index is 1.48. The van der Waals surface area contributed by atoms with Crippen molar-refractivity contribution in [3.63, 3.8) is 0 Å². The Hall–Kier alpha value is -2.69. The van der Waals surface area contributed by atoms with Crippen LogP contribution in [0.25, 0.3) is 0 Å². The van der Waals surface area contributed by atoms with Gasteiger partial charge in [-0.15, -0.1) is 0 Å². The molecule has 1 N–H and O–H groups in total. The van der Waals surface area contributed by atoms with Crippen LogP contribution in [0.4, 0.5) is 4.79 Å². The van der Waals surface area contributed by atoms with Crippen molar-refractivity contribution >= 4 is 6.03 Å². The number of hydrogen-bond acceptors (Lipinski definition) is 3. The Morgan fingerprint density at radius 3 is 2.77 bits per heavy atom. The number of urea groups is 1. The summed E-state index contributed by atoms with van der Waals surface area (Å²) in [6.07, 6.45) is 1.78. The molecule has 0 radical (unpaired) electrons. The number of fused-ring (bicyclic) bond motifs is 2. The van der Waals surface area contributed by atoms with E-state index >= 15 is 0 Å². The Kier molecular flexibility index (Phi) is 4.69. The van der Waals surface area contributed by atoms with Crippen molar-refractivity contribution in [3.05, 3.63) is 58.7 Å². The molecule has 0 saturated heterocycles. The fourth-order valence-electron chi connectivity index (χ4n) is 3.68. The average molecular weight is 352 g/mol. The SMILES string of the molecule is CCN(Cc1ccccc1)C(=O)NCc1c2c(cc3c1OCC3)OCC2. The molecule has 2 amide bonds. The maximum absolute atomic E-state index is 12.7. The van der Waals surface area contributed by atoms with Gasteiger partial charge in [0.2, 0.25) is 0 Å². The molecule has 5 nitrogen and oxygen atoms in total. The van der Waals surface area contributed by atoms with Crippen LogP contribution in [0.1, 0.15) is 29.2 Å². The Morgan fingerprint density at radius 2 is 1.96 bits per heavy atom. The molecular formula is C21H24N2O3. The van der Waals surface area contributed by atoms with Crippen molar-refractivity contribution in [2.45, 2.75) is 32.9 Å². The molecule has 0 bridgehead atoms. The molecule has 0 saturated carbocycles. The van der Waals surface area contributed by atoms with E-state index < -0.39 is 0 Å². The van der Waals surface area contributed by atoms with Crippen molar-refractivity contribution in [3.8, 4) is 11.5 Å². The molecule has 4 rings (SSSR count). The molecule has 2 heterocycles. The number of rotatable bonds is 5. The fraction of sp³-hybridized carbons (Fsp3) is 0.381. The smallest absolute Gasteiger partial charge is 0.317 e. The number of benzene rings is 2. The zero-order valence-corrected chi connectivity index (χ0v) is 15.1. The first kappa shape index (κ1) is 16.8. The first-order valence-corrected chi connectivity index (χ1v) is 9.26. The third-order valence-electron chi connectivity index (χ3n) is 5.06. The van der Waals surface area contributed by atoms with Crippen LogP contribution in [0.15, 0.2) is 36.4 Å². The summed E-state index contributed by atoms with van der Waals surface area (Å²) in [6, 6.07) is 12.1. The lowest BCUT2D eigenvalue weighted by Gasteiger charge is -2.22. The predicted molar refractivity (Wildman–Crippen MR) is 99.6 cm³/mol. The summed E-state index contributed by atoms with van der Waals surface area (Å²) in [5.41, 5.74) is 4.57. The summed E-state index contributed by atoms with van der Waals surface area (Å²) >= 11 is 0. The van der Waals surface area contributed by atoms with Crippen LogP contribution in [0, 0.1) is 0 Å². The van der Waals surface area contributed by atoms with Gasteiger partial charge in [-0.2, -0.15) is 0 Å². The van der Waals surface area contributed by atoms with Crippen molar-refractivity contribution in [2.75, 3.05) is 19.8 Å². The number of nitrogens with one attached hydrogen (secondary N) is 1. The molecule has 0 unspecified atom stereocenters. The summed E-state index contributed by atoms with van der Waals surface area (Å²) in [5, 5.41) is 3.08. The normalized spacial score (nSPS) is 14.2. The molecule has 2 aliphatic rings. The second-order valence-corrected chi connectivity index (χ2v) is 6.68. The van der Waals surface area contributed by atoms with Gasteiger partial charge in [0.15, 0.2) is 0 Å². The average Bonchev–Trinajstić information content (AvgIpc) is 3.32. The van der Waals surface area contributed by atoms with E-state index in [4.69, 9.17) is 9.47 Å². The van der Waals surface area contributed by atoms with Crippen LogP contribution < -0.4 is 14.8 Å². The Morgan fingerprint density at radius 1 is 1.15 bits per heavy atom. The van der Waals surface area contributed by atoms with E-state index in [1.807, 2.05) is 42.2 Å². The minimum Gasteiger partial charge on any atom is -0.493 e. The minimum atomic E-state index is -0.0559. The van der Waals surface area contributed by atoms with Crippen molar-refractivity contribution in [1.82, 2.24) is 10.2 Å². The van der Waals surface area contributed by atoms with Gasteiger partial charge in [0, 0.05) is 49.2 Å². The fourth-order valence-corrected chi connectivity index (χ4v) is 3.68. The highest BCUT2D eigenvalue weighted by atomic mass is 16.5. The van der Waals surface area contributed by atoms with E-state index in [0.29, 0.717) is 32.8 Å². The van der Waals surface area contributed by atoms with Gasteiger partial charge in [-0.3, -0.25) is 0 Å². The van der Waals surface area contributed by atoms with Gasteiger partial charge < -0.3 is 19.7 Å². The lowest BCUT2D eigenvalue weighted by atomic mass is 9.99. The lowest BCUT2D eigenvalue weighted by molar-refractivity contribution is 0.197. The monoisotopic (exact) mass is 352 g/mol. The van der Waals surface area contributed by atoms with Crippen LogP contribution in [0.5, 0.6) is 11.5 Å². The standard InChI is InChI=1S/C21H24N2O3/c1-2-23(14-15-6-4-3-5-7-15)21(24)22-13-18-17-9-11-25-19(17)12-16-8-10-26-20(16)18/h3-7,12H,2,8-11,13-14H2,1H3,(H,22,24). The first-order valence-electron chi connectivity index (χ1n) is 9.26. The molecule has 0 spiro atoms. The molecule has 136 valence electrons. The Labute approximate surface area is 153 Å². The topological polar surface area (TPSA) is 50.8 Å². The molecule has 0 aliphatic carbocycles. The van der Waals surface area contributed by atoms with E-state index in [1.54, 1.807) is 0 Å². The first-order chi connectivity index (χ1) is 12.8. The third kappa shape index (κ3) is 3.21. The van der Waals surface area contributed by atoms with Gasteiger partial charge in [-0.1, -0.05) is 30.3 Å². The van der Waals surface area contributed by atoms with E-state index in [2.05, 4.69) is 11.4 Å². The minimum absolute atomic E-state index is 0.0559. The van der Waals surface area contributed by atoms with E-state index in [1.165, 1.54) is 11.1 Å². The van der Waals surface area contributed by atoms with Crippen LogP contribution in [-0.2, 0) is 25.9 Å². The summed E-state index contributed by atoms with van der Waals surface area (Å²) in [5.74, 6) is 1.90. The van der Waals surface area contributed by atoms with Crippen LogP contribution >= 0.6 is 0 Å². The molecule has 2 aromatic carbocycles. The van der Waals surface area contributed by atoms with Gasteiger partial charge in [0.1, 0.15) is 11.5 Å². The number of carbonyl (C=O) groups is 1. The van der Waals surface area contributed by atoms with Crippen molar-refractivity contribution in [1.29, 1.82) is 0 Å². The zero-order chi connectivity index (χ0) is 17.9. The third-order valence-corrected chi connectivity index (χ3v) is 5.06. The highest BCUT2D eigenvalue weighted by Crippen LogP contribution is 2.40. The molecule has 2 aromatic rings. The summed E-state index contributed by atoms with van der Waals surface area (Å²) in [7, 11) is 0. The molecule has 5 heteroatoms. The molecule has 26 heavy (non-hydrogen) atoms. The van der Waals surface area contributed by atoms with E-state index in [0.717, 1.165) is 35.5 Å². The molecule has 0 aromatic heterocycles. The zero-order valence-electron chi connectivity index (χ0n) is 15.1. The van der Waals surface area contributed by atoms with Crippen LogP contribution in [0.2, 0.25) is 0 Å². The number of carbonyl (C=O) groups excluding carboxylic acids is 1. The second kappa shape index (κ2) is 7.28. The largest absolute Gasteiger partial charge is 0.493 e. The molecule has 2 aliphatic heterocycles. The quantitative estimate of drug-likeness (QED) is 0.898. The van der Waals surface area contributed by atoms with Gasteiger partial charge in [0.25, 0.3) is 0 Å². The number of amides is 2.